The summed E-state index contributed by atoms with van der Waals surface area (Å²) >= 11 is 0. The van der Waals surface area contributed by atoms with Crippen molar-refractivity contribution in [1.29, 1.82) is 5.26 Å². The average Bonchev–Trinajstić information content (AvgIpc) is 2.59. The number of aromatic nitrogens is 2. The van der Waals surface area contributed by atoms with E-state index >= 15 is 0 Å². The molecule has 128 valence electrons. The van der Waals surface area contributed by atoms with Crippen molar-refractivity contribution in [3.63, 3.8) is 0 Å². The molecule has 0 spiro atoms. The highest BCUT2D eigenvalue weighted by molar-refractivity contribution is 6.35. The first-order valence-electron chi connectivity index (χ1n) is 8.06. The number of rotatable bonds is 4. The number of piperidine rings is 1. The lowest BCUT2D eigenvalue weighted by Crippen LogP contribution is -2.45. The van der Waals surface area contributed by atoms with Crippen LogP contribution in [0.5, 0.6) is 0 Å². The van der Waals surface area contributed by atoms with Crippen molar-refractivity contribution < 1.29 is 9.59 Å². The van der Waals surface area contributed by atoms with E-state index in [1.807, 2.05) is 18.7 Å². The van der Waals surface area contributed by atoms with Crippen molar-refractivity contribution in [2.45, 2.75) is 32.7 Å². The number of anilines is 1. The van der Waals surface area contributed by atoms with E-state index in [-0.39, 0.29) is 6.04 Å². The Labute approximate surface area is 141 Å². The molecule has 0 unspecified atom stereocenters. The fraction of sp³-hybridized carbons (Fsp3) is 0.562. The van der Waals surface area contributed by atoms with E-state index in [9.17, 15) is 9.59 Å². The average molecular weight is 330 g/mol. The van der Waals surface area contributed by atoms with Gasteiger partial charge in [0.05, 0.1) is 0 Å². The summed E-state index contributed by atoms with van der Waals surface area (Å²) in [6.07, 6.45) is 4.80. The van der Waals surface area contributed by atoms with Crippen LogP contribution in [0.25, 0.3) is 0 Å². The zero-order chi connectivity index (χ0) is 17.5. The maximum absolute atomic E-state index is 11.7. The fourth-order valence-electron chi connectivity index (χ4n) is 2.63. The Morgan fingerprint density at radius 3 is 2.58 bits per heavy atom. The number of amides is 2. The summed E-state index contributed by atoms with van der Waals surface area (Å²) in [6, 6.07) is 1.99. The lowest BCUT2D eigenvalue weighted by molar-refractivity contribution is -0.139. The molecule has 2 rings (SSSR count). The number of nitrogens with zero attached hydrogens (tertiary/aromatic N) is 4. The lowest BCUT2D eigenvalue weighted by atomic mass is 9.96. The van der Waals surface area contributed by atoms with Gasteiger partial charge in [-0.15, -0.1) is 0 Å². The third-order valence-corrected chi connectivity index (χ3v) is 3.88. The molecule has 1 saturated heterocycles. The van der Waals surface area contributed by atoms with Crippen LogP contribution in [0.2, 0.25) is 0 Å². The Morgan fingerprint density at radius 1 is 1.29 bits per heavy atom. The van der Waals surface area contributed by atoms with Gasteiger partial charge in [-0.2, -0.15) is 5.26 Å². The summed E-state index contributed by atoms with van der Waals surface area (Å²) in [5.74, 6) is -0.273. The van der Waals surface area contributed by atoms with E-state index < -0.39 is 11.8 Å². The van der Waals surface area contributed by atoms with E-state index in [4.69, 9.17) is 5.26 Å². The summed E-state index contributed by atoms with van der Waals surface area (Å²) in [5.41, 5.74) is 0.328. The zero-order valence-corrected chi connectivity index (χ0v) is 14.0. The van der Waals surface area contributed by atoms with Gasteiger partial charge in [0.15, 0.2) is 11.5 Å². The van der Waals surface area contributed by atoms with E-state index in [1.165, 1.54) is 6.20 Å². The van der Waals surface area contributed by atoms with Crippen LogP contribution < -0.4 is 15.5 Å². The monoisotopic (exact) mass is 330 g/mol. The Hall–Kier alpha value is -2.69. The standard InChI is InChI=1S/C16H22N6O2/c1-11(2)21-16(24)15(23)20-10-12-3-7-22(8-4-12)14-13(9-17)18-5-6-19-14/h5-6,11-12H,3-4,7-8,10H2,1-2H3,(H,20,23)(H,21,24). The quantitative estimate of drug-likeness (QED) is 0.763. The van der Waals surface area contributed by atoms with Crippen molar-refractivity contribution in [1.82, 2.24) is 20.6 Å². The predicted octanol–water partition coefficient (Wildman–Crippen LogP) is 0.205. The fourth-order valence-corrected chi connectivity index (χ4v) is 2.63. The van der Waals surface area contributed by atoms with Gasteiger partial charge in [-0.05, 0) is 32.6 Å². The maximum Gasteiger partial charge on any atom is 0.309 e. The van der Waals surface area contributed by atoms with Gasteiger partial charge in [-0.25, -0.2) is 9.97 Å². The van der Waals surface area contributed by atoms with E-state index in [0.29, 0.717) is 24.0 Å². The minimum absolute atomic E-state index is 0.0622. The molecule has 1 fully saturated rings. The number of hydrogen-bond acceptors (Lipinski definition) is 6. The second-order valence-electron chi connectivity index (χ2n) is 6.11. The van der Waals surface area contributed by atoms with Crippen molar-refractivity contribution in [2.24, 2.45) is 5.92 Å². The molecule has 1 aliphatic heterocycles. The van der Waals surface area contributed by atoms with Crippen LogP contribution in [0.1, 0.15) is 32.4 Å². The van der Waals surface area contributed by atoms with Crippen LogP contribution >= 0.6 is 0 Å². The summed E-state index contributed by atoms with van der Waals surface area (Å²) in [7, 11) is 0. The summed E-state index contributed by atoms with van der Waals surface area (Å²) in [6.45, 7) is 5.58. The zero-order valence-electron chi connectivity index (χ0n) is 14.0. The molecule has 1 aromatic rings. The highest BCUT2D eigenvalue weighted by atomic mass is 16.2. The molecule has 8 nitrogen and oxygen atoms in total. The van der Waals surface area contributed by atoms with Crippen molar-refractivity contribution in [3.8, 4) is 6.07 Å². The Morgan fingerprint density at radius 2 is 1.96 bits per heavy atom. The van der Waals surface area contributed by atoms with Gasteiger partial charge in [0.25, 0.3) is 0 Å². The van der Waals surface area contributed by atoms with Crippen molar-refractivity contribution in [3.05, 3.63) is 18.1 Å². The molecule has 8 heteroatoms. The van der Waals surface area contributed by atoms with Crippen LogP contribution in [0.3, 0.4) is 0 Å². The van der Waals surface area contributed by atoms with E-state index in [1.54, 1.807) is 6.20 Å². The lowest BCUT2D eigenvalue weighted by Gasteiger charge is -2.32. The van der Waals surface area contributed by atoms with Crippen molar-refractivity contribution in [2.75, 3.05) is 24.5 Å². The van der Waals surface area contributed by atoms with E-state index in [2.05, 4.69) is 26.7 Å². The van der Waals surface area contributed by atoms with Gasteiger partial charge in [-0.3, -0.25) is 9.59 Å². The molecule has 1 aliphatic rings. The summed E-state index contributed by atoms with van der Waals surface area (Å²) in [4.78, 5) is 33.6. The van der Waals surface area contributed by atoms with Gasteiger partial charge in [0.1, 0.15) is 6.07 Å². The predicted molar refractivity (Wildman–Crippen MR) is 88.0 cm³/mol. The van der Waals surface area contributed by atoms with Crippen LogP contribution in [0.4, 0.5) is 5.82 Å². The van der Waals surface area contributed by atoms with Gasteiger partial charge >= 0.3 is 11.8 Å². The Kier molecular flexibility index (Phi) is 6.07. The molecule has 0 saturated carbocycles. The first kappa shape index (κ1) is 17.7. The largest absolute Gasteiger partial charge is 0.354 e. The first-order valence-corrected chi connectivity index (χ1v) is 8.06. The normalized spacial score (nSPS) is 15.0. The van der Waals surface area contributed by atoms with Crippen LogP contribution in [0.15, 0.2) is 12.4 Å². The number of carbonyl (C=O) groups is 2. The molecule has 0 radical (unpaired) electrons. The molecule has 0 aliphatic carbocycles. The van der Waals surface area contributed by atoms with Gasteiger partial charge in [-0.1, -0.05) is 0 Å². The molecule has 0 atom stereocenters. The third-order valence-electron chi connectivity index (χ3n) is 3.88. The number of nitriles is 1. The van der Waals surface area contributed by atoms with Gasteiger partial charge in [0.2, 0.25) is 0 Å². The Bertz CT molecular complexity index is 632. The molecule has 1 aromatic heterocycles. The van der Waals surface area contributed by atoms with Gasteiger partial charge < -0.3 is 15.5 Å². The second kappa shape index (κ2) is 8.24. The highest BCUT2D eigenvalue weighted by Gasteiger charge is 2.23. The molecular weight excluding hydrogens is 308 g/mol. The third kappa shape index (κ3) is 4.65. The molecule has 2 heterocycles. The highest BCUT2D eigenvalue weighted by Crippen LogP contribution is 2.22. The molecule has 2 N–H and O–H groups in total. The molecule has 24 heavy (non-hydrogen) atoms. The van der Waals surface area contributed by atoms with Crippen LogP contribution in [-0.2, 0) is 9.59 Å². The minimum atomic E-state index is -0.597. The SMILES string of the molecule is CC(C)NC(=O)C(=O)NCC1CCN(c2nccnc2C#N)CC1. The van der Waals surface area contributed by atoms with Crippen LogP contribution in [0, 0.1) is 17.2 Å². The summed E-state index contributed by atoms with van der Waals surface area (Å²) < 4.78 is 0. The molecule has 2 amide bonds. The van der Waals surface area contributed by atoms with E-state index in [0.717, 1.165) is 25.9 Å². The molecular formula is C16H22N6O2. The summed E-state index contributed by atoms with van der Waals surface area (Å²) in [5, 5.41) is 14.3. The molecule has 0 bridgehead atoms. The van der Waals surface area contributed by atoms with Gasteiger partial charge in [0, 0.05) is 38.1 Å². The topological polar surface area (TPSA) is 111 Å². The first-order chi connectivity index (χ1) is 11.5. The van der Waals surface area contributed by atoms with Crippen molar-refractivity contribution >= 4 is 17.6 Å². The number of hydrogen-bond donors (Lipinski definition) is 2. The number of nitrogens with one attached hydrogen (secondary N) is 2. The second-order valence-corrected chi connectivity index (χ2v) is 6.11. The van der Waals surface area contributed by atoms with Crippen LogP contribution in [-0.4, -0.2) is 47.5 Å². The smallest absolute Gasteiger partial charge is 0.309 e. The number of carbonyl (C=O) groups excluding carboxylic acids is 2. The molecule has 0 aromatic carbocycles. The maximum atomic E-state index is 11.7. The minimum Gasteiger partial charge on any atom is -0.354 e. The Balaban J connectivity index is 1.80.